The molecular formula is C15H31N3. The Kier molecular flexibility index (Phi) is 5.93. The van der Waals surface area contributed by atoms with E-state index in [9.17, 15) is 0 Å². The summed E-state index contributed by atoms with van der Waals surface area (Å²) in [7, 11) is 2.24. The van der Waals surface area contributed by atoms with Crippen molar-refractivity contribution in [3.63, 3.8) is 0 Å². The number of nitrogens with zero attached hydrogens (tertiary/aromatic N) is 2. The van der Waals surface area contributed by atoms with Crippen LogP contribution in [0, 0.1) is 5.92 Å². The Morgan fingerprint density at radius 3 is 2.61 bits per heavy atom. The summed E-state index contributed by atoms with van der Waals surface area (Å²) in [6.45, 7) is 9.69. The maximum atomic E-state index is 3.67. The summed E-state index contributed by atoms with van der Waals surface area (Å²) in [6.07, 6.45) is 7.30. The van der Waals surface area contributed by atoms with E-state index in [1.807, 2.05) is 0 Å². The summed E-state index contributed by atoms with van der Waals surface area (Å²) < 4.78 is 0. The van der Waals surface area contributed by atoms with Crippen molar-refractivity contribution in [2.75, 3.05) is 46.3 Å². The number of hydrogen-bond acceptors (Lipinski definition) is 3. The number of likely N-dealkylation sites (N-methyl/N-ethyl adjacent to an activating group) is 1. The van der Waals surface area contributed by atoms with Crippen LogP contribution in [0.25, 0.3) is 0 Å². The van der Waals surface area contributed by atoms with Crippen LogP contribution in [0.2, 0.25) is 0 Å². The zero-order valence-corrected chi connectivity index (χ0v) is 12.3. The first-order valence-corrected chi connectivity index (χ1v) is 7.89. The molecular weight excluding hydrogens is 222 g/mol. The highest BCUT2D eigenvalue weighted by atomic mass is 15.3. The average molecular weight is 253 g/mol. The van der Waals surface area contributed by atoms with Gasteiger partial charge in [0.05, 0.1) is 0 Å². The molecule has 3 heteroatoms. The van der Waals surface area contributed by atoms with Gasteiger partial charge in [-0.1, -0.05) is 19.3 Å². The van der Waals surface area contributed by atoms with Crippen molar-refractivity contribution in [1.82, 2.24) is 15.1 Å². The number of rotatable bonds is 5. The molecule has 106 valence electrons. The van der Waals surface area contributed by atoms with E-state index in [-0.39, 0.29) is 0 Å². The Hall–Kier alpha value is -0.120. The normalized spacial score (nSPS) is 28.7. The van der Waals surface area contributed by atoms with Gasteiger partial charge >= 0.3 is 0 Å². The second-order valence-electron chi connectivity index (χ2n) is 6.34. The third-order valence-electron chi connectivity index (χ3n) is 4.81. The van der Waals surface area contributed by atoms with Gasteiger partial charge in [-0.15, -0.1) is 0 Å². The van der Waals surface area contributed by atoms with Gasteiger partial charge in [-0.3, -0.25) is 4.90 Å². The molecule has 1 unspecified atom stereocenters. The molecule has 1 saturated heterocycles. The van der Waals surface area contributed by atoms with Gasteiger partial charge < -0.3 is 10.2 Å². The Balaban J connectivity index is 1.52. The van der Waals surface area contributed by atoms with Crippen LogP contribution in [0.4, 0.5) is 0 Å². The van der Waals surface area contributed by atoms with E-state index >= 15 is 0 Å². The van der Waals surface area contributed by atoms with Crippen LogP contribution in [0.1, 0.15) is 39.0 Å². The van der Waals surface area contributed by atoms with Gasteiger partial charge in [0, 0.05) is 38.8 Å². The molecule has 18 heavy (non-hydrogen) atoms. The van der Waals surface area contributed by atoms with E-state index in [1.54, 1.807) is 0 Å². The molecule has 0 aromatic heterocycles. The van der Waals surface area contributed by atoms with Crippen LogP contribution in [-0.2, 0) is 0 Å². The van der Waals surface area contributed by atoms with Gasteiger partial charge in [-0.25, -0.2) is 0 Å². The fourth-order valence-corrected chi connectivity index (χ4v) is 3.26. The minimum absolute atomic E-state index is 0.720. The highest BCUT2D eigenvalue weighted by molar-refractivity contribution is 4.77. The Bertz CT molecular complexity index is 226. The van der Waals surface area contributed by atoms with Gasteiger partial charge in [0.1, 0.15) is 0 Å². The van der Waals surface area contributed by atoms with Crippen molar-refractivity contribution in [3.05, 3.63) is 0 Å². The van der Waals surface area contributed by atoms with Gasteiger partial charge in [-0.05, 0) is 39.3 Å². The molecule has 1 heterocycles. The van der Waals surface area contributed by atoms with Gasteiger partial charge in [0.25, 0.3) is 0 Å². The Morgan fingerprint density at radius 2 is 1.89 bits per heavy atom. The van der Waals surface area contributed by atoms with Crippen molar-refractivity contribution in [1.29, 1.82) is 0 Å². The quantitative estimate of drug-likeness (QED) is 0.754. The lowest BCUT2D eigenvalue weighted by Gasteiger charge is -2.37. The summed E-state index contributed by atoms with van der Waals surface area (Å²) >= 11 is 0. The van der Waals surface area contributed by atoms with Crippen LogP contribution in [0.3, 0.4) is 0 Å². The Labute approximate surface area is 113 Å². The smallest absolute Gasteiger partial charge is 0.0192 e. The van der Waals surface area contributed by atoms with E-state index in [0.717, 1.165) is 12.0 Å². The molecule has 1 atom stereocenters. The maximum Gasteiger partial charge on any atom is 0.0192 e. The highest BCUT2D eigenvalue weighted by Crippen LogP contribution is 2.22. The molecule has 0 aromatic carbocycles. The van der Waals surface area contributed by atoms with E-state index in [2.05, 4.69) is 29.1 Å². The maximum absolute atomic E-state index is 3.67. The average Bonchev–Trinajstić information content (AvgIpc) is 2.40. The third kappa shape index (κ3) is 4.52. The van der Waals surface area contributed by atoms with E-state index in [0.29, 0.717) is 0 Å². The molecule has 1 N–H and O–H groups in total. The van der Waals surface area contributed by atoms with E-state index < -0.39 is 0 Å². The van der Waals surface area contributed by atoms with Gasteiger partial charge in [0.2, 0.25) is 0 Å². The van der Waals surface area contributed by atoms with Crippen molar-refractivity contribution < 1.29 is 0 Å². The minimum atomic E-state index is 0.720. The lowest BCUT2D eigenvalue weighted by Crippen LogP contribution is -2.51. The zero-order chi connectivity index (χ0) is 12.8. The molecule has 0 bridgehead atoms. The number of hydrogen-bond donors (Lipinski definition) is 1. The largest absolute Gasteiger partial charge is 0.315 e. The predicted molar refractivity (Wildman–Crippen MR) is 78.0 cm³/mol. The van der Waals surface area contributed by atoms with Crippen molar-refractivity contribution in [3.8, 4) is 0 Å². The molecule has 0 amide bonds. The molecule has 2 fully saturated rings. The summed E-state index contributed by atoms with van der Waals surface area (Å²) in [5, 5.41) is 3.67. The molecule has 2 rings (SSSR count). The summed E-state index contributed by atoms with van der Waals surface area (Å²) in [4.78, 5) is 5.07. The summed E-state index contributed by atoms with van der Waals surface area (Å²) in [5.41, 5.74) is 0. The standard InChI is InChI=1S/C15H31N3/c1-14-13-18(11-10-17(14)2)9-8-16-12-15-6-4-3-5-7-15/h14-16H,3-13H2,1-2H3. The number of piperazine rings is 1. The minimum Gasteiger partial charge on any atom is -0.315 e. The molecule has 0 spiro atoms. The fraction of sp³-hybridized carbons (Fsp3) is 1.00. The van der Waals surface area contributed by atoms with Gasteiger partial charge in [-0.2, -0.15) is 0 Å². The lowest BCUT2D eigenvalue weighted by atomic mass is 9.89. The van der Waals surface area contributed by atoms with E-state index in [4.69, 9.17) is 0 Å². The number of nitrogens with one attached hydrogen (secondary N) is 1. The molecule has 0 aromatic rings. The molecule has 0 radical (unpaired) electrons. The molecule has 1 saturated carbocycles. The predicted octanol–water partition coefficient (Wildman–Crippen LogP) is 1.79. The fourth-order valence-electron chi connectivity index (χ4n) is 3.26. The highest BCUT2D eigenvalue weighted by Gasteiger charge is 2.20. The molecule has 2 aliphatic rings. The Morgan fingerprint density at radius 1 is 1.11 bits per heavy atom. The molecule has 1 aliphatic heterocycles. The van der Waals surface area contributed by atoms with Crippen molar-refractivity contribution in [2.45, 2.75) is 45.1 Å². The zero-order valence-electron chi connectivity index (χ0n) is 12.3. The molecule has 1 aliphatic carbocycles. The van der Waals surface area contributed by atoms with Crippen molar-refractivity contribution >= 4 is 0 Å². The molecule has 3 nitrogen and oxygen atoms in total. The van der Waals surface area contributed by atoms with Crippen LogP contribution < -0.4 is 5.32 Å². The van der Waals surface area contributed by atoms with Crippen LogP contribution in [0.15, 0.2) is 0 Å². The first kappa shape index (κ1) is 14.3. The summed E-state index contributed by atoms with van der Waals surface area (Å²) in [5.74, 6) is 0.963. The monoisotopic (exact) mass is 253 g/mol. The van der Waals surface area contributed by atoms with E-state index in [1.165, 1.54) is 71.4 Å². The van der Waals surface area contributed by atoms with Crippen LogP contribution in [0.5, 0.6) is 0 Å². The second-order valence-corrected chi connectivity index (χ2v) is 6.34. The SMILES string of the molecule is CC1CN(CCNCC2CCCCC2)CCN1C. The lowest BCUT2D eigenvalue weighted by molar-refractivity contribution is 0.105. The van der Waals surface area contributed by atoms with Crippen LogP contribution >= 0.6 is 0 Å². The first-order valence-electron chi connectivity index (χ1n) is 7.89. The second kappa shape index (κ2) is 7.46. The van der Waals surface area contributed by atoms with Gasteiger partial charge in [0.15, 0.2) is 0 Å². The topological polar surface area (TPSA) is 18.5 Å². The van der Waals surface area contributed by atoms with Crippen LogP contribution in [-0.4, -0.2) is 62.2 Å². The third-order valence-corrected chi connectivity index (χ3v) is 4.81. The summed E-state index contributed by atoms with van der Waals surface area (Å²) in [6, 6.07) is 0.720. The van der Waals surface area contributed by atoms with Crippen molar-refractivity contribution in [2.24, 2.45) is 5.92 Å². The first-order chi connectivity index (χ1) is 8.75.